The summed E-state index contributed by atoms with van der Waals surface area (Å²) in [5.74, 6) is 1.38. The van der Waals surface area contributed by atoms with Crippen LogP contribution in [0, 0.1) is 11.3 Å². The molecule has 0 amide bonds. The number of thioether (sulfide) groups is 1. The van der Waals surface area contributed by atoms with E-state index in [-0.39, 0.29) is 23.0 Å². The lowest BCUT2D eigenvalue weighted by atomic mass is 10.1. The van der Waals surface area contributed by atoms with Crippen molar-refractivity contribution in [3.8, 4) is 28.9 Å². The number of aromatic hydroxyl groups is 1. The van der Waals surface area contributed by atoms with Crippen LogP contribution in [0.4, 0.5) is 0 Å². The van der Waals surface area contributed by atoms with E-state index < -0.39 is 5.63 Å². The molecule has 6 heteroatoms. The van der Waals surface area contributed by atoms with Crippen LogP contribution in [-0.4, -0.2) is 17.5 Å². The lowest BCUT2D eigenvalue weighted by molar-refractivity contribution is 0.368. The van der Waals surface area contributed by atoms with E-state index in [1.165, 1.54) is 23.4 Å². The molecule has 0 aliphatic rings. The maximum atomic E-state index is 12.3. The van der Waals surface area contributed by atoms with E-state index in [9.17, 15) is 9.90 Å². The van der Waals surface area contributed by atoms with Gasteiger partial charge in [0.25, 0.3) is 0 Å². The van der Waals surface area contributed by atoms with Crippen molar-refractivity contribution in [3.63, 3.8) is 0 Å². The van der Waals surface area contributed by atoms with Crippen molar-refractivity contribution in [2.75, 3.05) is 12.4 Å². The largest absolute Gasteiger partial charge is 0.506 e. The number of aryl methyl sites for hydroxylation is 1. The minimum atomic E-state index is -0.562. The maximum absolute atomic E-state index is 12.3. The molecule has 1 aromatic heterocycles. The summed E-state index contributed by atoms with van der Waals surface area (Å²) in [5.41, 5.74) is 1.24. The second kappa shape index (κ2) is 8.97. The molecule has 1 heterocycles. The predicted octanol–water partition coefficient (Wildman–Crippen LogP) is 4.25. The number of benzene rings is 2. The van der Waals surface area contributed by atoms with Crippen molar-refractivity contribution in [2.45, 2.75) is 11.3 Å². The molecule has 0 aliphatic carbocycles. The average Bonchev–Trinajstić information content (AvgIpc) is 2.69. The lowest BCUT2D eigenvalue weighted by Gasteiger charge is -2.07. The first-order valence-electron chi connectivity index (χ1n) is 8.31. The zero-order valence-electron chi connectivity index (χ0n) is 14.4. The minimum absolute atomic E-state index is 0.0376. The summed E-state index contributed by atoms with van der Waals surface area (Å²) in [4.78, 5) is 12.5. The van der Waals surface area contributed by atoms with Gasteiger partial charge in [0, 0.05) is 17.4 Å². The molecule has 136 valence electrons. The first-order valence-corrected chi connectivity index (χ1v) is 9.30. The Labute approximate surface area is 160 Å². The third kappa shape index (κ3) is 4.93. The smallest absolute Gasteiger partial charge is 0.353 e. The summed E-state index contributed by atoms with van der Waals surface area (Å²) in [6, 6.07) is 20.0. The van der Waals surface area contributed by atoms with E-state index >= 15 is 0 Å². The van der Waals surface area contributed by atoms with Gasteiger partial charge in [-0.3, -0.25) is 0 Å². The predicted molar refractivity (Wildman–Crippen MR) is 104 cm³/mol. The Bertz CT molecular complexity index is 991. The Morgan fingerprint density at radius 2 is 1.85 bits per heavy atom. The fourth-order valence-electron chi connectivity index (χ4n) is 2.49. The van der Waals surface area contributed by atoms with Gasteiger partial charge >= 0.3 is 5.63 Å². The first-order chi connectivity index (χ1) is 13.2. The number of nitrogens with zero attached hydrogens (tertiary/aromatic N) is 1. The quantitative estimate of drug-likeness (QED) is 0.618. The van der Waals surface area contributed by atoms with Gasteiger partial charge in [-0.15, -0.1) is 11.8 Å². The van der Waals surface area contributed by atoms with Crippen molar-refractivity contribution in [1.82, 2.24) is 0 Å². The lowest BCUT2D eigenvalue weighted by Crippen LogP contribution is -2.04. The molecule has 0 bridgehead atoms. The van der Waals surface area contributed by atoms with Crippen molar-refractivity contribution < 1.29 is 14.3 Å². The van der Waals surface area contributed by atoms with E-state index in [4.69, 9.17) is 14.4 Å². The molecule has 0 aliphatic heterocycles. The molecule has 0 spiro atoms. The van der Waals surface area contributed by atoms with Crippen molar-refractivity contribution in [3.05, 3.63) is 76.6 Å². The van der Waals surface area contributed by atoms with Crippen LogP contribution in [0.3, 0.4) is 0 Å². The van der Waals surface area contributed by atoms with E-state index in [1.807, 2.05) is 36.4 Å². The van der Waals surface area contributed by atoms with Gasteiger partial charge in [-0.05, 0) is 36.2 Å². The molecule has 2 aromatic carbocycles. The van der Waals surface area contributed by atoms with Gasteiger partial charge in [0.1, 0.15) is 28.2 Å². The highest BCUT2D eigenvalue weighted by Crippen LogP contribution is 2.30. The highest BCUT2D eigenvalue weighted by atomic mass is 32.2. The number of rotatable bonds is 7. The van der Waals surface area contributed by atoms with Crippen LogP contribution in [0.25, 0.3) is 11.3 Å². The van der Waals surface area contributed by atoms with Gasteiger partial charge in [-0.25, -0.2) is 4.79 Å². The molecule has 0 unspecified atom stereocenters. The monoisotopic (exact) mass is 379 g/mol. The molecule has 3 rings (SSSR count). The van der Waals surface area contributed by atoms with E-state index in [1.54, 1.807) is 24.3 Å². The van der Waals surface area contributed by atoms with Gasteiger partial charge < -0.3 is 14.3 Å². The van der Waals surface area contributed by atoms with E-state index in [0.717, 1.165) is 6.42 Å². The van der Waals surface area contributed by atoms with Gasteiger partial charge in [0.05, 0.1) is 0 Å². The summed E-state index contributed by atoms with van der Waals surface area (Å²) in [5, 5.41) is 18.8. The Balaban J connectivity index is 1.71. The highest BCUT2D eigenvalue weighted by molar-refractivity contribution is 7.99. The topological polar surface area (TPSA) is 83.5 Å². The number of nitriles is 1. The third-order valence-electron chi connectivity index (χ3n) is 3.81. The molecule has 0 atom stereocenters. The first kappa shape index (κ1) is 18.6. The summed E-state index contributed by atoms with van der Waals surface area (Å²) in [6.07, 6.45) is 0.788. The zero-order chi connectivity index (χ0) is 19.1. The van der Waals surface area contributed by atoms with Crippen LogP contribution in [0.2, 0.25) is 0 Å². The van der Waals surface area contributed by atoms with Crippen LogP contribution in [-0.2, 0) is 6.42 Å². The standard InChI is InChI=1S/C21H17NO4S/c22-11-12-25-17-8-6-16(7-9-17)19-14-18(23)20(21(24)26-19)27-13-10-15-4-2-1-3-5-15/h1-9,14,23H,10,12-13H2. The fraction of sp³-hybridized carbons (Fsp3) is 0.143. The molecule has 0 radical (unpaired) electrons. The van der Waals surface area contributed by atoms with Gasteiger partial charge in [-0.2, -0.15) is 5.26 Å². The van der Waals surface area contributed by atoms with Crippen LogP contribution in [0.15, 0.2) is 74.8 Å². The van der Waals surface area contributed by atoms with Gasteiger partial charge in [0.15, 0.2) is 6.61 Å². The molecular weight excluding hydrogens is 362 g/mol. The fourth-order valence-corrected chi connectivity index (χ4v) is 3.40. The van der Waals surface area contributed by atoms with Crippen LogP contribution >= 0.6 is 11.8 Å². The number of hydrogen-bond acceptors (Lipinski definition) is 6. The summed E-state index contributed by atoms with van der Waals surface area (Å²) in [6.45, 7) is -0.0376. The minimum Gasteiger partial charge on any atom is -0.506 e. The van der Waals surface area contributed by atoms with Crippen LogP contribution < -0.4 is 10.4 Å². The second-order valence-electron chi connectivity index (χ2n) is 5.67. The van der Waals surface area contributed by atoms with Crippen LogP contribution in [0.1, 0.15) is 5.56 Å². The normalized spacial score (nSPS) is 10.3. The molecule has 3 aromatic rings. The number of ether oxygens (including phenoxy) is 1. The molecule has 27 heavy (non-hydrogen) atoms. The Hall–Kier alpha value is -3.17. The SMILES string of the molecule is N#CCOc1ccc(-c2cc(O)c(SCCc3ccccc3)c(=O)o2)cc1. The Kier molecular flexibility index (Phi) is 6.18. The van der Waals surface area contributed by atoms with Crippen molar-refractivity contribution in [2.24, 2.45) is 0 Å². The molecule has 0 saturated carbocycles. The third-order valence-corrected chi connectivity index (χ3v) is 4.88. The molecule has 0 fully saturated rings. The summed E-state index contributed by atoms with van der Waals surface area (Å²) >= 11 is 1.28. The van der Waals surface area contributed by atoms with Gasteiger partial charge in [0.2, 0.25) is 0 Å². The molecular formula is C21H17NO4S. The van der Waals surface area contributed by atoms with Crippen LogP contribution in [0.5, 0.6) is 11.5 Å². The molecule has 5 nitrogen and oxygen atoms in total. The molecule has 1 N–H and O–H groups in total. The van der Waals surface area contributed by atoms with Gasteiger partial charge in [-0.1, -0.05) is 30.3 Å². The Morgan fingerprint density at radius 3 is 2.52 bits per heavy atom. The maximum Gasteiger partial charge on any atom is 0.353 e. The van der Waals surface area contributed by atoms with E-state index in [2.05, 4.69) is 0 Å². The summed E-state index contributed by atoms with van der Waals surface area (Å²) < 4.78 is 10.6. The average molecular weight is 379 g/mol. The van der Waals surface area contributed by atoms with Crippen molar-refractivity contribution >= 4 is 11.8 Å². The van der Waals surface area contributed by atoms with E-state index in [0.29, 0.717) is 17.1 Å². The highest BCUT2D eigenvalue weighted by Gasteiger charge is 2.13. The second-order valence-corrected chi connectivity index (χ2v) is 6.77. The van der Waals surface area contributed by atoms with Crippen molar-refractivity contribution in [1.29, 1.82) is 5.26 Å². The zero-order valence-corrected chi connectivity index (χ0v) is 15.2. The summed E-state index contributed by atoms with van der Waals surface area (Å²) in [7, 11) is 0. The molecule has 0 saturated heterocycles. The number of hydrogen-bond donors (Lipinski definition) is 1. The Morgan fingerprint density at radius 1 is 1.11 bits per heavy atom.